The third-order valence-electron chi connectivity index (χ3n) is 2.05. The highest BCUT2D eigenvalue weighted by atomic mass is 31.2. The number of aliphatic hydroxyl groups is 1. The van der Waals surface area contributed by atoms with Crippen LogP contribution in [0.3, 0.4) is 0 Å². The Morgan fingerprint density at radius 1 is 1.56 bits per heavy atom. The minimum atomic E-state index is -4.66. The second-order valence-electron chi connectivity index (χ2n) is 3.44. The van der Waals surface area contributed by atoms with Crippen LogP contribution in [0.4, 0.5) is 5.82 Å². The molecule has 1 unspecified atom stereocenters. The lowest BCUT2D eigenvalue weighted by molar-refractivity contribution is -0.0563. The fraction of sp³-hybridized carbons (Fsp3) is 0.500. The molecule has 10 heteroatoms. The summed E-state index contributed by atoms with van der Waals surface area (Å²) in [6, 6.07) is -0.701. The summed E-state index contributed by atoms with van der Waals surface area (Å²) < 4.78 is 16.2. The molecule has 0 aromatic carbocycles. The van der Waals surface area contributed by atoms with Gasteiger partial charge in [0.2, 0.25) is 0 Å². The molecule has 1 atom stereocenters. The molecule has 0 saturated heterocycles. The first kappa shape index (κ1) is 14.8. The number of nitrogens with two attached hydrogens (primary N) is 1. The van der Waals surface area contributed by atoms with Crippen LogP contribution in [-0.4, -0.2) is 37.1 Å². The van der Waals surface area contributed by atoms with E-state index in [1.54, 1.807) is 0 Å². The molecule has 18 heavy (non-hydrogen) atoms. The first-order valence-corrected chi connectivity index (χ1v) is 6.66. The molecule has 102 valence electrons. The number of anilines is 1. The average molecular weight is 279 g/mol. The molecule has 1 heterocycles. The van der Waals surface area contributed by atoms with Crippen molar-refractivity contribution in [2.45, 2.75) is 19.0 Å². The number of nitrogen functional groups attached to an aromatic ring is 1. The average Bonchev–Trinajstić information content (AvgIpc) is 2.25. The molecule has 5 N–H and O–H groups in total. The van der Waals surface area contributed by atoms with E-state index in [-0.39, 0.29) is 25.4 Å². The Morgan fingerprint density at radius 3 is 2.78 bits per heavy atom. The number of ether oxygens (including phenoxy) is 1. The molecule has 1 rings (SSSR count). The summed E-state index contributed by atoms with van der Waals surface area (Å²) in [4.78, 5) is 31.9. The van der Waals surface area contributed by atoms with Gasteiger partial charge in [-0.25, -0.2) is 9.78 Å². The van der Waals surface area contributed by atoms with E-state index in [1.165, 1.54) is 16.8 Å². The van der Waals surface area contributed by atoms with Crippen LogP contribution in [-0.2, 0) is 15.8 Å². The number of aromatic nitrogens is 2. The van der Waals surface area contributed by atoms with Crippen LogP contribution in [0, 0.1) is 0 Å². The fourth-order valence-corrected chi connectivity index (χ4v) is 1.48. The predicted molar refractivity (Wildman–Crippen MR) is 61.5 cm³/mol. The van der Waals surface area contributed by atoms with Gasteiger partial charge in [-0.1, -0.05) is 0 Å². The van der Waals surface area contributed by atoms with Gasteiger partial charge < -0.3 is 25.4 Å². The molecule has 0 amide bonds. The molecule has 1 aromatic heterocycles. The predicted octanol–water partition coefficient (Wildman–Crippen LogP) is -1.31. The lowest BCUT2D eigenvalue weighted by Gasteiger charge is -2.13. The lowest BCUT2D eigenvalue weighted by atomic mass is 10.4. The Balaban J connectivity index is 2.44. The topological polar surface area (TPSA) is 148 Å². The van der Waals surface area contributed by atoms with Crippen LogP contribution in [0.1, 0.15) is 6.42 Å². The fourth-order valence-electron chi connectivity index (χ4n) is 1.18. The van der Waals surface area contributed by atoms with Gasteiger partial charge in [0.1, 0.15) is 5.82 Å². The number of aliphatic hydroxyl groups excluding tert-OH is 1. The van der Waals surface area contributed by atoms with Gasteiger partial charge in [-0.2, -0.15) is 0 Å². The van der Waals surface area contributed by atoms with Crippen LogP contribution >= 0.6 is 7.60 Å². The van der Waals surface area contributed by atoms with Crippen molar-refractivity contribution in [3.63, 3.8) is 0 Å². The maximum atomic E-state index is 11.3. The van der Waals surface area contributed by atoms with Crippen LogP contribution in [0.15, 0.2) is 17.1 Å². The molecule has 0 aliphatic carbocycles. The maximum absolute atomic E-state index is 11.3. The molecule has 0 radical (unpaired) electrons. The van der Waals surface area contributed by atoms with Crippen LogP contribution < -0.4 is 11.4 Å². The molecule has 0 saturated carbocycles. The number of hydrogen-bond acceptors (Lipinski definition) is 6. The van der Waals surface area contributed by atoms with Crippen molar-refractivity contribution in [1.29, 1.82) is 0 Å². The second kappa shape index (κ2) is 6.07. The standard InChI is InChI=1S/C8H14N3O6P/c9-6-2-3-10-7(12)11(6)4-1-5-17-8(13)18(14,15)16/h2-3,8,13H,1,4-5,9H2,(H2,14,15,16). The first-order valence-electron chi connectivity index (χ1n) is 4.98. The normalized spacial score (nSPS) is 13.5. The van der Waals surface area contributed by atoms with Crippen molar-refractivity contribution in [3.8, 4) is 0 Å². The largest absolute Gasteiger partial charge is 0.385 e. The van der Waals surface area contributed by atoms with E-state index in [9.17, 15) is 9.36 Å². The van der Waals surface area contributed by atoms with Crippen molar-refractivity contribution < 1.29 is 24.2 Å². The van der Waals surface area contributed by atoms with Gasteiger partial charge in [0.25, 0.3) is 6.03 Å². The van der Waals surface area contributed by atoms with E-state index in [1.807, 2.05) is 0 Å². The Labute approximate surface area is 102 Å². The van der Waals surface area contributed by atoms with Gasteiger partial charge >= 0.3 is 13.3 Å². The summed E-state index contributed by atoms with van der Waals surface area (Å²) in [7, 11) is -4.66. The van der Waals surface area contributed by atoms with E-state index < -0.39 is 19.3 Å². The van der Waals surface area contributed by atoms with E-state index in [4.69, 9.17) is 20.6 Å². The van der Waals surface area contributed by atoms with Gasteiger partial charge in [-0.3, -0.25) is 9.13 Å². The Kier molecular flexibility index (Phi) is 5.00. The zero-order chi connectivity index (χ0) is 13.8. The van der Waals surface area contributed by atoms with Crippen molar-refractivity contribution in [2.24, 2.45) is 0 Å². The summed E-state index contributed by atoms with van der Waals surface area (Å²) in [6.07, 6.45) is 1.52. The third kappa shape index (κ3) is 4.21. The minimum absolute atomic E-state index is 0.132. The molecule has 0 aliphatic heterocycles. The SMILES string of the molecule is Nc1ccnc(=O)n1CCCOC(O)P(=O)(O)O. The zero-order valence-electron chi connectivity index (χ0n) is 9.34. The Hall–Kier alpha value is -1.25. The van der Waals surface area contributed by atoms with Crippen molar-refractivity contribution in [1.82, 2.24) is 9.55 Å². The van der Waals surface area contributed by atoms with Crippen LogP contribution in [0.2, 0.25) is 0 Å². The van der Waals surface area contributed by atoms with Gasteiger partial charge in [-0.05, 0) is 12.5 Å². The molecule has 1 aromatic rings. The van der Waals surface area contributed by atoms with E-state index in [0.717, 1.165) is 0 Å². The summed E-state index contributed by atoms with van der Waals surface area (Å²) in [5.41, 5.74) is 5.02. The molecule has 0 bridgehead atoms. The van der Waals surface area contributed by atoms with E-state index in [2.05, 4.69) is 9.72 Å². The molecular formula is C8H14N3O6P. The highest BCUT2D eigenvalue weighted by molar-refractivity contribution is 7.52. The summed E-state index contributed by atoms with van der Waals surface area (Å²) in [5.74, 6) is 0.227. The van der Waals surface area contributed by atoms with Gasteiger partial charge in [0.15, 0.2) is 0 Å². The molecule has 0 fully saturated rings. The van der Waals surface area contributed by atoms with Crippen LogP contribution in [0.25, 0.3) is 0 Å². The molecule has 0 spiro atoms. The van der Waals surface area contributed by atoms with Gasteiger partial charge in [0, 0.05) is 12.7 Å². The quantitative estimate of drug-likeness (QED) is 0.285. The smallest absolute Gasteiger partial charge is 0.381 e. The summed E-state index contributed by atoms with van der Waals surface area (Å²) in [5, 5.41) is 8.90. The van der Waals surface area contributed by atoms with Crippen molar-refractivity contribution in [2.75, 3.05) is 12.3 Å². The highest BCUT2D eigenvalue weighted by Crippen LogP contribution is 2.39. The van der Waals surface area contributed by atoms with E-state index >= 15 is 0 Å². The molecular weight excluding hydrogens is 265 g/mol. The lowest BCUT2D eigenvalue weighted by Crippen LogP contribution is -2.25. The first-order chi connectivity index (χ1) is 8.32. The number of hydrogen-bond donors (Lipinski definition) is 4. The molecule has 0 aliphatic rings. The van der Waals surface area contributed by atoms with Crippen LogP contribution in [0.5, 0.6) is 0 Å². The van der Waals surface area contributed by atoms with E-state index in [0.29, 0.717) is 0 Å². The van der Waals surface area contributed by atoms with Crippen molar-refractivity contribution >= 4 is 13.4 Å². The Bertz CT molecular complexity index is 498. The third-order valence-corrected chi connectivity index (χ3v) is 2.78. The summed E-state index contributed by atoms with van der Waals surface area (Å²) >= 11 is 0. The highest BCUT2D eigenvalue weighted by Gasteiger charge is 2.26. The number of nitrogens with zero attached hydrogens (tertiary/aromatic N) is 2. The van der Waals surface area contributed by atoms with Gasteiger partial charge in [0.05, 0.1) is 6.61 Å². The minimum Gasteiger partial charge on any atom is -0.385 e. The maximum Gasteiger partial charge on any atom is 0.381 e. The van der Waals surface area contributed by atoms with Crippen molar-refractivity contribution in [3.05, 3.63) is 22.7 Å². The monoisotopic (exact) mass is 279 g/mol. The van der Waals surface area contributed by atoms with Gasteiger partial charge in [-0.15, -0.1) is 0 Å². The zero-order valence-corrected chi connectivity index (χ0v) is 10.2. The molecule has 9 nitrogen and oxygen atoms in total. The summed E-state index contributed by atoms with van der Waals surface area (Å²) in [6.45, 7) is 0.0411. The number of rotatable bonds is 6. The second-order valence-corrected chi connectivity index (χ2v) is 5.06. The Morgan fingerprint density at radius 2 is 2.22 bits per heavy atom.